The molecule has 66 valence electrons. The van der Waals surface area contributed by atoms with Gasteiger partial charge in [-0.25, -0.2) is 4.98 Å². The third-order valence-corrected chi connectivity index (χ3v) is 2.34. The van der Waals surface area contributed by atoms with E-state index in [1.807, 2.05) is 13.1 Å². The van der Waals surface area contributed by atoms with E-state index in [0.717, 1.165) is 9.37 Å². The van der Waals surface area contributed by atoms with Gasteiger partial charge in [-0.3, -0.25) is 4.72 Å². The molecule has 0 radical (unpaired) electrons. The molecule has 0 aliphatic heterocycles. The van der Waals surface area contributed by atoms with Gasteiger partial charge in [-0.15, -0.1) is 0 Å². The molecular weight excluding hydrogens is 240 g/mol. The number of hydrogen-bond acceptors (Lipinski definition) is 4. The number of aromatic nitrogens is 1. The Morgan fingerprint density at radius 2 is 2.42 bits per heavy atom. The maximum atomic E-state index is 5.06. The van der Waals surface area contributed by atoms with Gasteiger partial charge in [-0.2, -0.15) is 0 Å². The van der Waals surface area contributed by atoms with Crippen LogP contribution in [0.2, 0.25) is 0 Å². The Bertz CT molecular complexity index is 270. The van der Waals surface area contributed by atoms with Gasteiger partial charge in [0, 0.05) is 10.7 Å². The molecule has 0 atom stereocenters. The number of pyridine rings is 1. The number of ether oxygens (including phenoxy) is 1. The monoisotopic (exact) mass is 248 g/mol. The quantitative estimate of drug-likeness (QED) is 0.831. The van der Waals surface area contributed by atoms with Crippen molar-refractivity contribution in [1.82, 2.24) is 9.71 Å². The van der Waals surface area contributed by atoms with Gasteiger partial charge in [0.25, 0.3) is 0 Å². The Balaban J connectivity index is 2.95. The second-order valence-corrected chi connectivity index (χ2v) is 3.94. The van der Waals surface area contributed by atoms with Crippen LogP contribution in [0.4, 0.5) is 0 Å². The summed E-state index contributed by atoms with van der Waals surface area (Å²) in [5, 5.41) is 0. The van der Waals surface area contributed by atoms with Crippen molar-refractivity contribution in [2.45, 2.75) is 4.90 Å². The van der Waals surface area contributed by atoms with Crippen LogP contribution >= 0.6 is 27.9 Å². The molecule has 1 aromatic heterocycles. The highest BCUT2D eigenvalue weighted by Crippen LogP contribution is 2.27. The van der Waals surface area contributed by atoms with E-state index in [-0.39, 0.29) is 0 Å². The topological polar surface area (TPSA) is 34.2 Å². The molecule has 3 nitrogen and oxygen atoms in total. The third kappa shape index (κ3) is 2.36. The number of nitrogens with zero attached hydrogens (tertiary/aromatic N) is 1. The molecule has 0 aromatic carbocycles. The first-order valence-corrected chi connectivity index (χ1v) is 4.92. The first kappa shape index (κ1) is 9.83. The van der Waals surface area contributed by atoms with Crippen molar-refractivity contribution in [3.8, 4) is 5.88 Å². The average Bonchev–Trinajstić information content (AvgIpc) is 2.05. The molecule has 1 heterocycles. The van der Waals surface area contributed by atoms with Gasteiger partial charge in [0.2, 0.25) is 5.88 Å². The van der Waals surface area contributed by atoms with Crippen molar-refractivity contribution < 1.29 is 4.74 Å². The molecule has 0 aliphatic rings. The molecule has 0 spiro atoms. The maximum Gasteiger partial charge on any atom is 0.228 e. The van der Waals surface area contributed by atoms with Crippen LogP contribution in [0, 0.1) is 0 Å². The minimum Gasteiger partial charge on any atom is -0.480 e. The molecular formula is C7H9BrN2OS. The van der Waals surface area contributed by atoms with Crippen LogP contribution in [0.25, 0.3) is 0 Å². The summed E-state index contributed by atoms with van der Waals surface area (Å²) in [5.41, 5.74) is 0. The zero-order chi connectivity index (χ0) is 8.97. The summed E-state index contributed by atoms with van der Waals surface area (Å²) in [7, 11) is 3.46. The Morgan fingerprint density at radius 3 is 3.00 bits per heavy atom. The number of rotatable bonds is 3. The molecule has 0 aliphatic carbocycles. The lowest BCUT2D eigenvalue weighted by molar-refractivity contribution is 0.387. The summed E-state index contributed by atoms with van der Waals surface area (Å²) < 4.78 is 8.97. The molecule has 0 saturated heterocycles. The smallest absolute Gasteiger partial charge is 0.228 e. The first-order chi connectivity index (χ1) is 5.77. The van der Waals surface area contributed by atoms with Crippen LogP contribution in [0.1, 0.15) is 0 Å². The summed E-state index contributed by atoms with van der Waals surface area (Å²) in [6.45, 7) is 0. The van der Waals surface area contributed by atoms with Gasteiger partial charge in [-0.1, -0.05) is 0 Å². The molecule has 0 fully saturated rings. The molecule has 12 heavy (non-hydrogen) atoms. The highest BCUT2D eigenvalue weighted by molar-refractivity contribution is 9.10. The lowest BCUT2D eigenvalue weighted by Crippen LogP contribution is -1.95. The lowest BCUT2D eigenvalue weighted by atomic mass is 10.5. The van der Waals surface area contributed by atoms with E-state index in [1.165, 1.54) is 11.9 Å². The SMILES string of the molecule is CNSc1cc(Br)cnc1OC. The summed E-state index contributed by atoms with van der Waals surface area (Å²) >= 11 is 4.81. The highest BCUT2D eigenvalue weighted by Gasteiger charge is 2.04. The van der Waals surface area contributed by atoms with Crippen molar-refractivity contribution in [2.24, 2.45) is 0 Å². The molecule has 0 amide bonds. The Hall–Kier alpha value is -0.260. The number of methoxy groups -OCH3 is 1. The summed E-state index contributed by atoms with van der Waals surface area (Å²) in [6.07, 6.45) is 1.71. The van der Waals surface area contributed by atoms with Crippen LogP contribution in [-0.4, -0.2) is 19.1 Å². The van der Waals surface area contributed by atoms with Gasteiger partial charge in [0.05, 0.1) is 12.0 Å². The number of nitrogens with one attached hydrogen (secondary N) is 1. The van der Waals surface area contributed by atoms with Crippen molar-refractivity contribution in [3.63, 3.8) is 0 Å². The van der Waals surface area contributed by atoms with E-state index >= 15 is 0 Å². The minimum atomic E-state index is 0.637. The predicted octanol–water partition coefficient (Wildman–Crippen LogP) is 2.08. The van der Waals surface area contributed by atoms with E-state index in [0.29, 0.717) is 5.88 Å². The minimum absolute atomic E-state index is 0.637. The molecule has 1 rings (SSSR count). The fraction of sp³-hybridized carbons (Fsp3) is 0.286. The van der Waals surface area contributed by atoms with Gasteiger partial charge >= 0.3 is 0 Å². The van der Waals surface area contributed by atoms with Crippen LogP contribution in [0.15, 0.2) is 21.6 Å². The molecule has 1 aromatic rings. The van der Waals surface area contributed by atoms with Crippen molar-refractivity contribution >= 4 is 27.9 Å². The average molecular weight is 249 g/mol. The van der Waals surface area contributed by atoms with Crippen LogP contribution in [0.5, 0.6) is 5.88 Å². The van der Waals surface area contributed by atoms with Gasteiger partial charge < -0.3 is 4.74 Å². The lowest BCUT2D eigenvalue weighted by Gasteiger charge is -2.05. The van der Waals surface area contributed by atoms with Gasteiger partial charge in [0.1, 0.15) is 0 Å². The molecule has 1 N–H and O–H groups in total. The second kappa shape index (κ2) is 4.69. The van der Waals surface area contributed by atoms with E-state index in [2.05, 4.69) is 25.6 Å². The fourth-order valence-electron chi connectivity index (χ4n) is 0.745. The highest BCUT2D eigenvalue weighted by atomic mass is 79.9. The normalized spacial score (nSPS) is 9.92. The van der Waals surface area contributed by atoms with Crippen LogP contribution < -0.4 is 9.46 Å². The fourth-order valence-corrected chi connectivity index (χ4v) is 1.86. The molecule has 5 heteroatoms. The zero-order valence-electron chi connectivity index (χ0n) is 6.80. The Kier molecular flexibility index (Phi) is 3.84. The second-order valence-electron chi connectivity index (χ2n) is 1.97. The summed E-state index contributed by atoms with van der Waals surface area (Å²) in [6, 6.07) is 1.95. The van der Waals surface area contributed by atoms with E-state index < -0.39 is 0 Å². The maximum absolute atomic E-state index is 5.06. The molecule has 0 saturated carbocycles. The standard InChI is InChI=1S/C7H9BrN2OS/c1-9-12-6-3-5(8)4-10-7(6)11-2/h3-4,9H,1-2H3. The number of halogens is 1. The predicted molar refractivity (Wildman–Crippen MR) is 53.4 cm³/mol. The van der Waals surface area contributed by atoms with Crippen molar-refractivity contribution in [1.29, 1.82) is 0 Å². The van der Waals surface area contributed by atoms with Gasteiger partial charge in [-0.05, 0) is 41.0 Å². The van der Waals surface area contributed by atoms with Crippen molar-refractivity contribution in [3.05, 3.63) is 16.7 Å². The number of hydrogen-bond donors (Lipinski definition) is 1. The Morgan fingerprint density at radius 1 is 1.67 bits per heavy atom. The molecule has 0 unspecified atom stereocenters. The van der Waals surface area contributed by atoms with Gasteiger partial charge in [0.15, 0.2) is 0 Å². The zero-order valence-corrected chi connectivity index (χ0v) is 9.20. The van der Waals surface area contributed by atoms with Crippen LogP contribution in [0.3, 0.4) is 0 Å². The van der Waals surface area contributed by atoms with Crippen LogP contribution in [-0.2, 0) is 0 Å². The van der Waals surface area contributed by atoms with E-state index in [4.69, 9.17) is 4.74 Å². The largest absolute Gasteiger partial charge is 0.480 e. The Labute approximate surface area is 84.2 Å². The van der Waals surface area contributed by atoms with Crippen molar-refractivity contribution in [2.75, 3.05) is 14.2 Å². The summed E-state index contributed by atoms with van der Waals surface area (Å²) in [5.74, 6) is 0.637. The first-order valence-electron chi connectivity index (χ1n) is 3.31. The van der Waals surface area contributed by atoms with E-state index in [1.54, 1.807) is 13.3 Å². The molecule has 0 bridgehead atoms. The van der Waals surface area contributed by atoms with E-state index in [9.17, 15) is 0 Å². The summed E-state index contributed by atoms with van der Waals surface area (Å²) in [4.78, 5) is 5.05. The third-order valence-electron chi connectivity index (χ3n) is 1.19.